The van der Waals surface area contributed by atoms with Crippen molar-refractivity contribution < 1.29 is 19.4 Å². The Morgan fingerprint density at radius 2 is 0.635 bits per heavy atom. The molecule has 0 aromatic heterocycles. The maximum absolute atomic E-state index is 12.0. The highest BCUT2D eigenvalue weighted by Crippen LogP contribution is 2.16. The van der Waals surface area contributed by atoms with Crippen LogP contribution >= 0.6 is 0 Å². The van der Waals surface area contributed by atoms with Gasteiger partial charge in [-0.3, -0.25) is 9.59 Å². The SMILES string of the molecule is CCCCCC/C=C\CCCCCCCC(=O)OCCCCCCCC/C=C\CCCCCCCCCCCCCCCCCCCCCC(=O)O. The van der Waals surface area contributed by atoms with Crippen molar-refractivity contribution >= 4 is 11.9 Å². The molecule has 0 fully saturated rings. The third-order valence-corrected chi connectivity index (χ3v) is 10.6. The molecule has 52 heavy (non-hydrogen) atoms. The number of carboxylic acids is 1. The van der Waals surface area contributed by atoms with Crippen LogP contribution in [-0.2, 0) is 14.3 Å². The van der Waals surface area contributed by atoms with Crippen molar-refractivity contribution in [2.75, 3.05) is 6.61 Å². The first-order valence-corrected chi connectivity index (χ1v) is 23.3. The van der Waals surface area contributed by atoms with E-state index >= 15 is 0 Å². The number of esters is 1. The third-order valence-electron chi connectivity index (χ3n) is 10.6. The fraction of sp³-hybridized carbons (Fsp3) is 0.875. The molecule has 0 radical (unpaired) electrons. The predicted molar refractivity (Wildman–Crippen MR) is 227 cm³/mol. The summed E-state index contributed by atoms with van der Waals surface area (Å²) >= 11 is 0. The van der Waals surface area contributed by atoms with Gasteiger partial charge in [0, 0.05) is 12.8 Å². The van der Waals surface area contributed by atoms with E-state index in [1.165, 1.54) is 212 Å². The van der Waals surface area contributed by atoms with Crippen LogP contribution in [0.4, 0.5) is 0 Å². The largest absolute Gasteiger partial charge is 0.481 e. The number of rotatable bonds is 44. The lowest BCUT2D eigenvalue weighted by Gasteiger charge is -2.05. The monoisotopic (exact) mass is 731 g/mol. The lowest BCUT2D eigenvalue weighted by atomic mass is 10.0. The zero-order chi connectivity index (χ0) is 37.7. The number of unbranched alkanes of at least 4 members (excludes halogenated alkanes) is 34. The van der Waals surface area contributed by atoms with Crippen LogP contribution in [0.1, 0.15) is 264 Å². The first kappa shape index (κ1) is 50.4. The number of carbonyl (C=O) groups is 2. The standard InChI is InChI=1S/C48H90O4/c1-2-3-4-5-6-7-8-26-30-33-36-39-42-45-48(51)52-46-43-40-37-34-31-28-25-23-21-19-17-15-13-11-9-10-12-14-16-18-20-22-24-27-29-32-35-38-41-44-47(49)50/h7-8,21,23H,2-6,9-20,22,24-46H2,1H3,(H,49,50)/b8-7-,23-21-. The molecular weight excluding hydrogens is 641 g/mol. The molecule has 0 aliphatic heterocycles. The second kappa shape index (κ2) is 45.6. The van der Waals surface area contributed by atoms with Gasteiger partial charge in [-0.2, -0.15) is 0 Å². The second-order valence-electron chi connectivity index (χ2n) is 15.9. The van der Waals surface area contributed by atoms with E-state index in [1.807, 2.05) is 0 Å². The Morgan fingerprint density at radius 3 is 0.962 bits per heavy atom. The summed E-state index contributed by atoms with van der Waals surface area (Å²) in [6, 6.07) is 0. The summed E-state index contributed by atoms with van der Waals surface area (Å²) in [6.45, 7) is 2.87. The van der Waals surface area contributed by atoms with Gasteiger partial charge in [0.2, 0.25) is 0 Å². The molecule has 0 aliphatic carbocycles. The van der Waals surface area contributed by atoms with E-state index in [2.05, 4.69) is 31.2 Å². The van der Waals surface area contributed by atoms with Crippen LogP contribution < -0.4 is 0 Å². The van der Waals surface area contributed by atoms with Gasteiger partial charge in [0.05, 0.1) is 6.61 Å². The van der Waals surface area contributed by atoms with Crippen LogP contribution in [0.15, 0.2) is 24.3 Å². The summed E-state index contributed by atoms with van der Waals surface area (Å²) in [6.07, 6.45) is 59.5. The number of aliphatic carboxylic acids is 1. The Hall–Kier alpha value is -1.58. The lowest BCUT2D eigenvalue weighted by molar-refractivity contribution is -0.144. The third kappa shape index (κ3) is 46.4. The van der Waals surface area contributed by atoms with Gasteiger partial charge < -0.3 is 9.84 Å². The van der Waals surface area contributed by atoms with E-state index in [0.717, 1.165) is 32.1 Å². The van der Waals surface area contributed by atoms with E-state index in [1.54, 1.807) is 0 Å². The molecule has 0 amide bonds. The molecule has 0 spiro atoms. The smallest absolute Gasteiger partial charge is 0.305 e. The van der Waals surface area contributed by atoms with Crippen molar-refractivity contribution in [3.63, 3.8) is 0 Å². The van der Waals surface area contributed by atoms with Gasteiger partial charge in [0.25, 0.3) is 0 Å². The molecule has 0 atom stereocenters. The molecule has 0 saturated heterocycles. The van der Waals surface area contributed by atoms with Crippen LogP contribution in [0.2, 0.25) is 0 Å². The number of hydrogen-bond donors (Lipinski definition) is 1. The zero-order valence-electron chi connectivity index (χ0n) is 35.0. The Morgan fingerprint density at radius 1 is 0.365 bits per heavy atom. The summed E-state index contributed by atoms with van der Waals surface area (Å²) in [5, 5.41) is 8.66. The van der Waals surface area contributed by atoms with Crippen molar-refractivity contribution in [2.45, 2.75) is 264 Å². The maximum Gasteiger partial charge on any atom is 0.305 e. The Kier molecular flexibility index (Phi) is 44.2. The summed E-state index contributed by atoms with van der Waals surface area (Å²) in [7, 11) is 0. The quantitative estimate of drug-likeness (QED) is 0.0385. The molecule has 0 aromatic rings. The van der Waals surface area contributed by atoms with Crippen molar-refractivity contribution in [2.24, 2.45) is 0 Å². The van der Waals surface area contributed by atoms with Gasteiger partial charge in [-0.15, -0.1) is 0 Å². The Balaban J connectivity index is 3.20. The minimum absolute atomic E-state index is 0.00462. The van der Waals surface area contributed by atoms with E-state index in [0.29, 0.717) is 19.4 Å². The van der Waals surface area contributed by atoms with Crippen LogP contribution in [0, 0.1) is 0 Å². The Bertz CT molecular complexity index is 772. The minimum Gasteiger partial charge on any atom is -0.481 e. The molecule has 306 valence electrons. The number of allylic oxidation sites excluding steroid dienone is 4. The number of ether oxygens (including phenoxy) is 1. The molecule has 0 unspecified atom stereocenters. The maximum atomic E-state index is 12.0. The molecule has 4 heteroatoms. The fourth-order valence-electron chi connectivity index (χ4n) is 7.10. The van der Waals surface area contributed by atoms with Crippen molar-refractivity contribution in [3.05, 3.63) is 24.3 Å². The van der Waals surface area contributed by atoms with E-state index in [-0.39, 0.29) is 5.97 Å². The molecule has 4 nitrogen and oxygen atoms in total. The van der Waals surface area contributed by atoms with Gasteiger partial charge in [-0.1, -0.05) is 205 Å². The summed E-state index contributed by atoms with van der Waals surface area (Å²) < 4.78 is 5.45. The highest BCUT2D eigenvalue weighted by molar-refractivity contribution is 5.69. The molecule has 0 aromatic carbocycles. The summed E-state index contributed by atoms with van der Waals surface area (Å²) in [4.78, 5) is 22.5. The van der Waals surface area contributed by atoms with E-state index in [4.69, 9.17) is 9.84 Å². The summed E-state index contributed by atoms with van der Waals surface area (Å²) in [5.74, 6) is -0.650. The highest BCUT2D eigenvalue weighted by Gasteiger charge is 2.03. The topological polar surface area (TPSA) is 63.6 Å². The lowest BCUT2D eigenvalue weighted by Crippen LogP contribution is -2.05. The summed E-state index contributed by atoms with van der Waals surface area (Å²) in [5.41, 5.74) is 0. The molecule has 1 N–H and O–H groups in total. The first-order valence-electron chi connectivity index (χ1n) is 23.3. The Labute approximate surface area is 325 Å². The molecule has 0 rings (SSSR count). The van der Waals surface area contributed by atoms with Gasteiger partial charge in [0.15, 0.2) is 0 Å². The average Bonchev–Trinajstić information content (AvgIpc) is 3.13. The van der Waals surface area contributed by atoms with Crippen molar-refractivity contribution in [1.29, 1.82) is 0 Å². The first-order chi connectivity index (χ1) is 25.7. The number of carboxylic acid groups (broad SMARTS) is 1. The number of hydrogen-bond acceptors (Lipinski definition) is 3. The minimum atomic E-state index is -0.655. The second-order valence-corrected chi connectivity index (χ2v) is 15.9. The van der Waals surface area contributed by atoms with E-state index < -0.39 is 5.97 Å². The van der Waals surface area contributed by atoms with Crippen LogP contribution in [0.25, 0.3) is 0 Å². The van der Waals surface area contributed by atoms with Gasteiger partial charge >= 0.3 is 11.9 Å². The van der Waals surface area contributed by atoms with Crippen molar-refractivity contribution in [3.8, 4) is 0 Å². The van der Waals surface area contributed by atoms with Gasteiger partial charge in [0.1, 0.15) is 0 Å². The normalized spacial score (nSPS) is 11.7. The fourth-order valence-corrected chi connectivity index (χ4v) is 7.10. The average molecular weight is 731 g/mol. The number of carbonyl (C=O) groups excluding carboxylic acids is 1. The van der Waals surface area contributed by atoms with Crippen LogP contribution in [0.3, 0.4) is 0 Å². The molecule has 0 saturated carbocycles. The van der Waals surface area contributed by atoms with Crippen LogP contribution in [0.5, 0.6) is 0 Å². The molecule has 0 bridgehead atoms. The van der Waals surface area contributed by atoms with Crippen LogP contribution in [-0.4, -0.2) is 23.7 Å². The molecule has 0 heterocycles. The molecule has 0 aliphatic rings. The van der Waals surface area contributed by atoms with Gasteiger partial charge in [-0.05, 0) is 70.6 Å². The molecular formula is C48H90O4. The predicted octanol–water partition coefficient (Wildman–Crippen LogP) is 16.4. The highest BCUT2D eigenvalue weighted by atomic mass is 16.5. The zero-order valence-corrected chi connectivity index (χ0v) is 35.0. The van der Waals surface area contributed by atoms with Crippen molar-refractivity contribution in [1.82, 2.24) is 0 Å². The van der Waals surface area contributed by atoms with E-state index in [9.17, 15) is 9.59 Å². The van der Waals surface area contributed by atoms with Gasteiger partial charge in [-0.25, -0.2) is 0 Å².